The van der Waals surface area contributed by atoms with E-state index in [1.54, 1.807) is 7.11 Å². The van der Waals surface area contributed by atoms with E-state index in [1.165, 1.54) is 6.26 Å². The third-order valence-corrected chi connectivity index (χ3v) is 4.90. The van der Waals surface area contributed by atoms with E-state index in [4.69, 9.17) is 19.7 Å². The van der Waals surface area contributed by atoms with Gasteiger partial charge in [-0.3, -0.25) is 9.79 Å². The lowest BCUT2D eigenvalue weighted by Gasteiger charge is -2.13. The van der Waals surface area contributed by atoms with Crippen LogP contribution in [0.2, 0.25) is 0 Å². The number of benzene rings is 2. The van der Waals surface area contributed by atoms with Crippen molar-refractivity contribution in [3.63, 3.8) is 0 Å². The number of ether oxygens (including phenoxy) is 2. The summed E-state index contributed by atoms with van der Waals surface area (Å²) in [5.74, 6) is 0.0807. The molecule has 0 saturated carbocycles. The van der Waals surface area contributed by atoms with Crippen LogP contribution in [0.15, 0.2) is 70.4 Å². The SMILES string of the molecule is COCCOCCN=C(N)Nc1conc1C(C)c1cccc(C(=O)c2ccccc2)c1. The van der Waals surface area contributed by atoms with Crippen LogP contribution in [0.25, 0.3) is 0 Å². The van der Waals surface area contributed by atoms with Crippen molar-refractivity contribution in [2.45, 2.75) is 12.8 Å². The van der Waals surface area contributed by atoms with Crippen LogP contribution in [0.5, 0.6) is 0 Å². The fourth-order valence-corrected chi connectivity index (χ4v) is 3.17. The minimum Gasteiger partial charge on any atom is -0.382 e. The zero-order valence-corrected chi connectivity index (χ0v) is 18.3. The Morgan fingerprint density at radius 1 is 1.12 bits per heavy atom. The van der Waals surface area contributed by atoms with Crippen LogP contribution in [-0.4, -0.2) is 50.4 Å². The number of anilines is 1. The average Bonchev–Trinajstić information content (AvgIpc) is 3.29. The van der Waals surface area contributed by atoms with Crippen molar-refractivity contribution >= 4 is 17.4 Å². The van der Waals surface area contributed by atoms with Crippen molar-refractivity contribution in [2.24, 2.45) is 10.7 Å². The number of ketones is 1. The van der Waals surface area contributed by atoms with Crippen molar-refractivity contribution in [3.8, 4) is 0 Å². The van der Waals surface area contributed by atoms with Crippen LogP contribution in [-0.2, 0) is 9.47 Å². The number of carbonyl (C=O) groups is 1. The van der Waals surface area contributed by atoms with Crippen molar-refractivity contribution in [3.05, 3.63) is 83.2 Å². The van der Waals surface area contributed by atoms with E-state index >= 15 is 0 Å². The second kappa shape index (κ2) is 11.8. The maximum absolute atomic E-state index is 12.8. The Balaban J connectivity index is 1.67. The Morgan fingerprint density at radius 3 is 2.69 bits per heavy atom. The average molecular weight is 437 g/mol. The van der Waals surface area contributed by atoms with E-state index < -0.39 is 0 Å². The van der Waals surface area contributed by atoms with Crippen LogP contribution < -0.4 is 11.1 Å². The maximum Gasteiger partial charge on any atom is 0.193 e. The lowest BCUT2D eigenvalue weighted by atomic mass is 9.93. The first kappa shape index (κ1) is 23.2. The minimum atomic E-state index is -0.134. The van der Waals surface area contributed by atoms with Gasteiger partial charge in [0.25, 0.3) is 0 Å². The largest absolute Gasteiger partial charge is 0.382 e. The van der Waals surface area contributed by atoms with Crippen molar-refractivity contribution in [1.29, 1.82) is 0 Å². The highest BCUT2D eigenvalue weighted by atomic mass is 16.5. The quantitative estimate of drug-likeness (QED) is 0.205. The molecule has 0 aliphatic heterocycles. The van der Waals surface area contributed by atoms with Gasteiger partial charge in [0, 0.05) is 24.2 Å². The summed E-state index contributed by atoms with van der Waals surface area (Å²) in [6.45, 7) is 3.91. The normalized spacial score (nSPS) is 12.5. The molecule has 2 aromatic carbocycles. The van der Waals surface area contributed by atoms with Crippen molar-refractivity contribution < 1.29 is 18.8 Å². The minimum absolute atomic E-state index is 0.0257. The highest BCUT2D eigenvalue weighted by molar-refractivity contribution is 6.09. The molecule has 0 fully saturated rings. The van der Waals surface area contributed by atoms with Gasteiger partial charge in [-0.2, -0.15) is 0 Å². The lowest BCUT2D eigenvalue weighted by Crippen LogP contribution is -2.24. The molecule has 3 N–H and O–H groups in total. The molecule has 1 aromatic heterocycles. The van der Waals surface area contributed by atoms with Gasteiger partial charge in [0.05, 0.1) is 26.4 Å². The van der Waals surface area contributed by atoms with Gasteiger partial charge in [-0.05, 0) is 11.6 Å². The summed E-state index contributed by atoms with van der Waals surface area (Å²) in [6.07, 6.45) is 1.49. The second-order valence-corrected chi connectivity index (χ2v) is 7.15. The predicted molar refractivity (Wildman–Crippen MR) is 123 cm³/mol. The zero-order chi connectivity index (χ0) is 22.8. The van der Waals surface area contributed by atoms with Gasteiger partial charge >= 0.3 is 0 Å². The first-order valence-corrected chi connectivity index (χ1v) is 10.4. The third-order valence-electron chi connectivity index (χ3n) is 4.90. The van der Waals surface area contributed by atoms with Gasteiger partial charge in [-0.15, -0.1) is 0 Å². The maximum atomic E-state index is 12.8. The van der Waals surface area contributed by atoms with E-state index in [9.17, 15) is 4.79 Å². The van der Waals surface area contributed by atoms with Crippen LogP contribution in [0.3, 0.4) is 0 Å². The smallest absolute Gasteiger partial charge is 0.193 e. The molecule has 0 radical (unpaired) electrons. The molecule has 0 bridgehead atoms. The fraction of sp³-hybridized carbons (Fsp3) is 0.292. The Morgan fingerprint density at radius 2 is 1.91 bits per heavy atom. The summed E-state index contributed by atoms with van der Waals surface area (Å²) >= 11 is 0. The number of methoxy groups -OCH3 is 1. The standard InChI is InChI=1S/C24H28N4O4/c1-17(19-9-6-10-20(15-19)23(29)18-7-4-3-5-8-18)22-21(16-32-28-22)27-24(25)26-11-12-31-14-13-30-2/h3-10,15-17H,11-14H2,1-2H3,(H3,25,26,27). The molecular formula is C24H28N4O4. The van der Waals surface area contributed by atoms with E-state index in [1.807, 2.05) is 61.5 Å². The number of nitrogens with one attached hydrogen (secondary N) is 1. The summed E-state index contributed by atoms with van der Waals surface area (Å²) in [5.41, 5.74) is 9.48. The Kier molecular flexibility index (Phi) is 8.53. The molecule has 1 unspecified atom stereocenters. The molecule has 0 spiro atoms. The number of aromatic nitrogens is 1. The highest BCUT2D eigenvalue weighted by Gasteiger charge is 2.19. The molecule has 168 valence electrons. The topological polar surface area (TPSA) is 112 Å². The number of rotatable bonds is 11. The molecule has 0 amide bonds. The molecule has 1 atom stereocenters. The predicted octanol–water partition coefficient (Wildman–Crippen LogP) is 3.45. The summed E-state index contributed by atoms with van der Waals surface area (Å²) in [5, 5.41) is 7.17. The van der Waals surface area contributed by atoms with E-state index in [-0.39, 0.29) is 17.7 Å². The molecule has 0 saturated heterocycles. The van der Waals surface area contributed by atoms with Crippen LogP contribution in [0.4, 0.5) is 5.69 Å². The Hall–Kier alpha value is -3.49. The number of hydrogen-bond donors (Lipinski definition) is 2. The Bertz CT molecular complexity index is 1030. The van der Waals surface area contributed by atoms with Crippen LogP contribution in [0, 0.1) is 0 Å². The van der Waals surface area contributed by atoms with Crippen molar-refractivity contribution in [2.75, 3.05) is 38.8 Å². The fourth-order valence-electron chi connectivity index (χ4n) is 3.17. The number of hydrogen-bond acceptors (Lipinski definition) is 6. The van der Waals surface area contributed by atoms with Crippen molar-refractivity contribution in [1.82, 2.24) is 5.16 Å². The van der Waals surface area contributed by atoms with Gasteiger partial charge in [0.1, 0.15) is 17.6 Å². The first-order valence-electron chi connectivity index (χ1n) is 10.4. The summed E-state index contributed by atoms with van der Waals surface area (Å²) in [4.78, 5) is 17.1. The second-order valence-electron chi connectivity index (χ2n) is 7.15. The van der Waals surface area contributed by atoms with Gasteiger partial charge in [0.2, 0.25) is 0 Å². The molecule has 1 heterocycles. The van der Waals surface area contributed by atoms with Gasteiger partial charge in [-0.1, -0.05) is 60.6 Å². The zero-order valence-electron chi connectivity index (χ0n) is 18.3. The van der Waals surface area contributed by atoms with E-state index in [0.717, 1.165) is 5.56 Å². The number of carbonyl (C=O) groups excluding carboxylic acids is 1. The van der Waals surface area contributed by atoms with Crippen LogP contribution in [0.1, 0.15) is 40.0 Å². The summed E-state index contributed by atoms with van der Waals surface area (Å²) in [7, 11) is 1.62. The lowest BCUT2D eigenvalue weighted by molar-refractivity contribution is 0.0748. The molecule has 32 heavy (non-hydrogen) atoms. The summed E-state index contributed by atoms with van der Waals surface area (Å²) in [6, 6.07) is 16.7. The molecule has 8 heteroatoms. The molecule has 0 aliphatic rings. The molecule has 8 nitrogen and oxygen atoms in total. The molecular weight excluding hydrogens is 408 g/mol. The molecule has 3 aromatic rings. The number of aliphatic imine (C=N–C) groups is 1. The van der Waals surface area contributed by atoms with Crippen LogP contribution >= 0.6 is 0 Å². The monoisotopic (exact) mass is 436 g/mol. The molecule has 0 aliphatic carbocycles. The van der Waals surface area contributed by atoms with Gasteiger partial charge in [0.15, 0.2) is 11.7 Å². The molecule has 3 rings (SSSR count). The van der Waals surface area contributed by atoms with E-state index in [0.29, 0.717) is 48.9 Å². The van der Waals surface area contributed by atoms with Gasteiger partial charge < -0.3 is 25.0 Å². The number of nitrogens with two attached hydrogens (primary N) is 1. The first-order chi connectivity index (χ1) is 15.6. The van der Waals surface area contributed by atoms with E-state index in [2.05, 4.69) is 15.5 Å². The Labute approximate surface area is 187 Å². The number of guanidine groups is 1. The third kappa shape index (κ3) is 6.26. The van der Waals surface area contributed by atoms with Gasteiger partial charge in [-0.25, -0.2) is 0 Å². The highest BCUT2D eigenvalue weighted by Crippen LogP contribution is 2.29. The summed E-state index contributed by atoms with van der Waals surface area (Å²) < 4.78 is 15.5. The number of nitrogens with zero attached hydrogens (tertiary/aromatic N) is 2.